The minimum atomic E-state index is -3.80. The minimum Gasteiger partial charge on any atom is -0.492 e. The highest BCUT2D eigenvalue weighted by Crippen LogP contribution is 2.34. The molecule has 1 saturated carbocycles. The van der Waals surface area contributed by atoms with Gasteiger partial charge in [-0.25, -0.2) is 8.42 Å². The van der Waals surface area contributed by atoms with Gasteiger partial charge in [0.05, 0.1) is 11.6 Å². The molecule has 0 bridgehead atoms. The lowest BCUT2D eigenvalue weighted by Gasteiger charge is -2.24. The average molecular weight is 497 g/mol. The van der Waals surface area contributed by atoms with Crippen LogP contribution >= 0.6 is 11.6 Å². The third-order valence-electron chi connectivity index (χ3n) is 6.13. The van der Waals surface area contributed by atoms with Crippen molar-refractivity contribution in [3.8, 4) is 5.75 Å². The third kappa shape index (κ3) is 4.69. The number of nitrogens with zero attached hydrogens (tertiary/aromatic N) is 2. The van der Waals surface area contributed by atoms with Gasteiger partial charge in [0.15, 0.2) is 0 Å². The number of sulfonamides is 1. The van der Waals surface area contributed by atoms with Crippen LogP contribution in [0.4, 0.5) is 5.69 Å². The Hall–Kier alpha value is -2.87. The van der Waals surface area contributed by atoms with Gasteiger partial charge in [-0.1, -0.05) is 48.0 Å². The molecular weight excluding hydrogens is 472 g/mol. The number of hydrogen-bond donors (Lipinski definition) is 0. The van der Waals surface area contributed by atoms with Gasteiger partial charge < -0.3 is 9.64 Å². The number of anilines is 1. The molecule has 0 spiro atoms. The van der Waals surface area contributed by atoms with Gasteiger partial charge in [0.2, 0.25) is 15.9 Å². The zero-order chi connectivity index (χ0) is 23.7. The highest BCUT2D eigenvalue weighted by atomic mass is 35.5. The molecule has 1 aliphatic carbocycles. The summed E-state index contributed by atoms with van der Waals surface area (Å²) in [6.45, 7) is 1.03. The van der Waals surface area contributed by atoms with Crippen molar-refractivity contribution < 1.29 is 17.9 Å². The van der Waals surface area contributed by atoms with E-state index in [0.29, 0.717) is 12.3 Å². The van der Waals surface area contributed by atoms with Crippen molar-refractivity contribution in [1.82, 2.24) is 4.31 Å². The summed E-state index contributed by atoms with van der Waals surface area (Å²) in [6.07, 6.45) is 1.85. The second-order valence-corrected chi connectivity index (χ2v) is 10.9. The molecule has 0 radical (unpaired) electrons. The maximum atomic E-state index is 13.3. The molecule has 34 heavy (non-hydrogen) atoms. The quantitative estimate of drug-likeness (QED) is 0.488. The largest absolute Gasteiger partial charge is 0.492 e. The van der Waals surface area contributed by atoms with Crippen LogP contribution in [0, 0.1) is 5.92 Å². The van der Waals surface area contributed by atoms with Gasteiger partial charge in [-0.05, 0) is 54.8 Å². The first-order chi connectivity index (χ1) is 16.4. The number of rotatable bonds is 6. The Morgan fingerprint density at radius 2 is 1.76 bits per heavy atom. The topological polar surface area (TPSA) is 66.9 Å². The maximum Gasteiger partial charge on any atom is 0.244 e. The van der Waals surface area contributed by atoms with Crippen molar-refractivity contribution in [2.24, 2.45) is 5.92 Å². The smallest absolute Gasteiger partial charge is 0.244 e. The number of hydrogen-bond acceptors (Lipinski definition) is 4. The summed E-state index contributed by atoms with van der Waals surface area (Å²) < 4.78 is 33.9. The first kappa shape index (κ1) is 22.9. The Labute approximate surface area is 204 Å². The van der Waals surface area contributed by atoms with Crippen molar-refractivity contribution in [1.29, 1.82) is 0 Å². The lowest BCUT2D eigenvalue weighted by molar-refractivity contribution is -0.119. The standard InChI is InChI=1S/C26H25ClN2O4S/c27-23-8-4-5-9-25(23)34(31,32)28-14-15-33-24-13-10-19(16-21(24)18-28)17-29(26(30)20-11-12-20)22-6-2-1-3-7-22/h1-10,13,16,20H,11-12,14-15,17-18H2. The Bertz CT molecular complexity index is 1310. The molecule has 5 rings (SSSR count). The van der Waals surface area contributed by atoms with E-state index in [2.05, 4.69) is 0 Å². The van der Waals surface area contributed by atoms with Crippen LogP contribution in [0.3, 0.4) is 0 Å². The van der Waals surface area contributed by atoms with E-state index >= 15 is 0 Å². The van der Waals surface area contributed by atoms with Crippen LogP contribution in [-0.4, -0.2) is 31.8 Å². The van der Waals surface area contributed by atoms with Crippen LogP contribution in [0.1, 0.15) is 24.0 Å². The molecule has 1 amide bonds. The van der Waals surface area contributed by atoms with Gasteiger partial charge in [-0.15, -0.1) is 0 Å². The molecule has 1 aliphatic heterocycles. The van der Waals surface area contributed by atoms with Gasteiger partial charge in [0, 0.05) is 30.3 Å². The predicted octanol–water partition coefficient (Wildman–Crippen LogP) is 4.87. The lowest BCUT2D eigenvalue weighted by Crippen LogP contribution is -2.33. The normalized spacial score (nSPS) is 16.3. The van der Waals surface area contributed by atoms with Gasteiger partial charge in [0.1, 0.15) is 17.3 Å². The Kier molecular flexibility index (Phi) is 6.34. The summed E-state index contributed by atoms with van der Waals surface area (Å²) in [5.41, 5.74) is 2.53. The molecule has 3 aromatic rings. The van der Waals surface area contributed by atoms with Crippen LogP contribution in [0.15, 0.2) is 77.7 Å². The minimum absolute atomic E-state index is 0.0839. The van der Waals surface area contributed by atoms with Crippen molar-refractivity contribution in [2.75, 3.05) is 18.1 Å². The summed E-state index contributed by atoms with van der Waals surface area (Å²) in [7, 11) is -3.80. The van der Waals surface area contributed by atoms with E-state index in [9.17, 15) is 13.2 Å². The maximum absolute atomic E-state index is 13.3. The number of para-hydroxylation sites is 1. The molecule has 0 aromatic heterocycles. The van der Waals surface area contributed by atoms with Crippen LogP contribution < -0.4 is 9.64 Å². The second-order valence-electron chi connectivity index (χ2n) is 8.59. The van der Waals surface area contributed by atoms with Crippen LogP contribution in [-0.2, 0) is 27.9 Å². The number of ether oxygens (including phenoxy) is 1. The van der Waals surface area contributed by atoms with Crippen LogP contribution in [0.5, 0.6) is 5.75 Å². The molecule has 8 heteroatoms. The molecule has 0 N–H and O–H groups in total. The number of carbonyl (C=O) groups excluding carboxylic acids is 1. The Morgan fingerprint density at radius 1 is 1.03 bits per heavy atom. The van der Waals surface area contributed by atoms with E-state index in [0.717, 1.165) is 29.7 Å². The molecular formula is C26H25ClN2O4S. The molecule has 0 saturated heterocycles. The fourth-order valence-corrected chi connectivity index (χ4v) is 6.05. The Morgan fingerprint density at radius 3 is 2.50 bits per heavy atom. The van der Waals surface area contributed by atoms with E-state index in [1.165, 1.54) is 10.4 Å². The highest BCUT2D eigenvalue weighted by Gasteiger charge is 2.34. The van der Waals surface area contributed by atoms with E-state index in [1.807, 2.05) is 53.4 Å². The van der Waals surface area contributed by atoms with E-state index in [4.69, 9.17) is 16.3 Å². The molecule has 0 unspecified atom stereocenters. The molecule has 0 atom stereocenters. The number of benzene rings is 3. The van der Waals surface area contributed by atoms with Crippen molar-refractivity contribution in [2.45, 2.75) is 30.8 Å². The van der Waals surface area contributed by atoms with Gasteiger partial charge in [-0.3, -0.25) is 4.79 Å². The van der Waals surface area contributed by atoms with Crippen LogP contribution in [0.2, 0.25) is 5.02 Å². The molecule has 1 heterocycles. The monoisotopic (exact) mass is 496 g/mol. The van der Waals surface area contributed by atoms with Crippen LogP contribution in [0.25, 0.3) is 0 Å². The summed E-state index contributed by atoms with van der Waals surface area (Å²) >= 11 is 6.20. The third-order valence-corrected chi connectivity index (χ3v) is 8.47. The zero-order valence-electron chi connectivity index (χ0n) is 18.6. The number of amides is 1. The summed E-state index contributed by atoms with van der Waals surface area (Å²) in [6, 6.07) is 21.8. The van der Waals surface area contributed by atoms with Crippen molar-refractivity contribution in [3.63, 3.8) is 0 Å². The summed E-state index contributed by atoms with van der Waals surface area (Å²) in [5.74, 6) is 0.862. The zero-order valence-corrected chi connectivity index (χ0v) is 20.1. The second kappa shape index (κ2) is 9.41. The molecule has 6 nitrogen and oxygen atoms in total. The SMILES string of the molecule is O=C(C1CC1)N(Cc1ccc2c(c1)CN(S(=O)(=O)c1ccccc1Cl)CCO2)c1ccccc1. The van der Waals surface area contributed by atoms with E-state index < -0.39 is 10.0 Å². The first-order valence-electron chi connectivity index (χ1n) is 11.3. The molecule has 2 aliphatic rings. The van der Waals surface area contributed by atoms with Crippen molar-refractivity contribution >= 4 is 33.2 Å². The molecule has 1 fully saturated rings. The first-order valence-corrected chi connectivity index (χ1v) is 13.1. The lowest BCUT2D eigenvalue weighted by atomic mass is 10.1. The summed E-state index contributed by atoms with van der Waals surface area (Å²) in [4.78, 5) is 14.9. The fourth-order valence-electron chi connectivity index (χ4n) is 4.16. The van der Waals surface area contributed by atoms with Gasteiger partial charge >= 0.3 is 0 Å². The number of fused-ring (bicyclic) bond motifs is 1. The predicted molar refractivity (Wildman–Crippen MR) is 131 cm³/mol. The van der Waals surface area contributed by atoms with Gasteiger partial charge in [0.25, 0.3) is 0 Å². The van der Waals surface area contributed by atoms with E-state index in [-0.39, 0.29) is 41.4 Å². The fraction of sp³-hybridized carbons (Fsp3) is 0.269. The number of carbonyl (C=O) groups is 1. The van der Waals surface area contributed by atoms with E-state index in [1.54, 1.807) is 18.2 Å². The average Bonchev–Trinajstić information content (AvgIpc) is 3.70. The van der Waals surface area contributed by atoms with Gasteiger partial charge in [-0.2, -0.15) is 4.31 Å². The molecule has 3 aromatic carbocycles. The number of halogens is 1. The Balaban J connectivity index is 1.43. The molecule has 176 valence electrons. The highest BCUT2D eigenvalue weighted by molar-refractivity contribution is 7.89. The summed E-state index contributed by atoms with van der Waals surface area (Å²) in [5, 5.41) is 0.193. The van der Waals surface area contributed by atoms with Crippen molar-refractivity contribution in [3.05, 3.63) is 88.9 Å².